The minimum absolute atomic E-state index is 0. The molecular formula is C18H20Cl2N2OS. The largest absolute Gasteiger partial charge is 0.326 e. The summed E-state index contributed by atoms with van der Waals surface area (Å²) in [4.78, 5) is 14.3. The summed E-state index contributed by atoms with van der Waals surface area (Å²) in [7, 11) is 0. The van der Waals surface area contributed by atoms with Crippen molar-refractivity contribution < 1.29 is 4.79 Å². The van der Waals surface area contributed by atoms with E-state index in [4.69, 9.17) is 11.6 Å². The molecular weight excluding hydrogens is 363 g/mol. The quantitative estimate of drug-likeness (QED) is 0.786. The van der Waals surface area contributed by atoms with Crippen LogP contribution in [0.2, 0.25) is 5.02 Å². The summed E-state index contributed by atoms with van der Waals surface area (Å²) in [6.07, 6.45) is 0. The fraction of sp³-hybridized carbons (Fsp3) is 0.278. The first-order chi connectivity index (χ1) is 11.1. The van der Waals surface area contributed by atoms with E-state index in [1.165, 1.54) is 0 Å². The van der Waals surface area contributed by atoms with Gasteiger partial charge in [0, 0.05) is 21.4 Å². The number of hydrogen-bond donors (Lipinski definition) is 2. The number of nitrogens with one attached hydrogen (secondary N) is 2. The molecule has 1 unspecified atom stereocenters. The van der Waals surface area contributed by atoms with Crippen LogP contribution >= 0.6 is 35.8 Å². The number of rotatable bonds is 5. The Morgan fingerprint density at radius 3 is 2.46 bits per heavy atom. The highest BCUT2D eigenvalue weighted by Crippen LogP contribution is 2.33. The fourth-order valence-corrected chi connectivity index (χ4v) is 3.49. The van der Waals surface area contributed by atoms with Crippen LogP contribution in [0.5, 0.6) is 0 Å². The average Bonchev–Trinajstić information content (AvgIpc) is 2.49. The highest BCUT2D eigenvalue weighted by atomic mass is 35.5. The maximum atomic E-state index is 12.2. The monoisotopic (exact) mass is 382 g/mol. The van der Waals surface area contributed by atoms with Crippen molar-refractivity contribution >= 4 is 47.4 Å². The third kappa shape index (κ3) is 4.67. The van der Waals surface area contributed by atoms with Crippen molar-refractivity contribution in [2.45, 2.75) is 16.7 Å². The van der Waals surface area contributed by atoms with Gasteiger partial charge in [-0.15, -0.1) is 12.4 Å². The number of benzene rings is 2. The van der Waals surface area contributed by atoms with Crippen LogP contribution in [0.1, 0.15) is 6.92 Å². The van der Waals surface area contributed by atoms with Crippen molar-refractivity contribution in [3.05, 3.63) is 53.6 Å². The Morgan fingerprint density at radius 2 is 1.88 bits per heavy atom. The Kier molecular flexibility index (Phi) is 6.99. The Labute approximate surface area is 158 Å². The lowest BCUT2D eigenvalue weighted by atomic mass is 9.88. The van der Waals surface area contributed by atoms with Gasteiger partial charge in [0.05, 0.1) is 5.02 Å². The Hall–Kier alpha value is -1.20. The molecule has 0 aliphatic carbocycles. The standard InChI is InChI=1S/C18H19ClN2OS.ClH/c1-12(13-10-20-11-13)18(22)21-14-6-8-15(9-7-14)23-17-5-3-2-4-16(17)19;/h2-9,12-13,20H,10-11H2,1H3,(H,21,22);1H. The molecule has 0 saturated carbocycles. The molecule has 1 aliphatic rings. The average molecular weight is 383 g/mol. The van der Waals surface area contributed by atoms with Crippen LogP contribution in [0.4, 0.5) is 5.69 Å². The van der Waals surface area contributed by atoms with Gasteiger partial charge >= 0.3 is 0 Å². The smallest absolute Gasteiger partial charge is 0.227 e. The number of carbonyl (C=O) groups is 1. The minimum Gasteiger partial charge on any atom is -0.326 e. The second-order valence-corrected chi connectivity index (χ2v) is 7.28. The van der Waals surface area contributed by atoms with Crippen molar-refractivity contribution in [2.24, 2.45) is 11.8 Å². The molecule has 0 bridgehead atoms. The van der Waals surface area contributed by atoms with Crippen LogP contribution in [-0.4, -0.2) is 19.0 Å². The van der Waals surface area contributed by atoms with Crippen LogP contribution < -0.4 is 10.6 Å². The maximum absolute atomic E-state index is 12.2. The van der Waals surface area contributed by atoms with Crippen LogP contribution in [0, 0.1) is 11.8 Å². The van der Waals surface area contributed by atoms with Crippen molar-refractivity contribution in [3.63, 3.8) is 0 Å². The predicted octanol–water partition coefficient (Wildman–Crippen LogP) is 4.71. The van der Waals surface area contributed by atoms with E-state index in [9.17, 15) is 4.79 Å². The van der Waals surface area contributed by atoms with E-state index in [0.717, 1.165) is 33.6 Å². The predicted molar refractivity (Wildman–Crippen MR) is 103 cm³/mol. The highest BCUT2D eigenvalue weighted by Gasteiger charge is 2.28. The number of anilines is 1. The summed E-state index contributed by atoms with van der Waals surface area (Å²) in [6.45, 7) is 3.85. The summed E-state index contributed by atoms with van der Waals surface area (Å²) >= 11 is 7.79. The Bertz CT molecular complexity index is 690. The minimum atomic E-state index is 0. The molecule has 2 aromatic rings. The molecule has 0 spiro atoms. The second-order valence-electron chi connectivity index (χ2n) is 5.75. The van der Waals surface area contributed by atoms with E-state index >= 15 is 0 Å². The van der Waals surface area contributed by atoms with Gasteiger partial charge in [0.2, 0.25) is 5.91 Å². The number of halogens is 2. The number of carbonyl (C=O) groups excluding carboxylic acids is 1. The molecule has 1 amide bonds. The number of amides is 1. The molecule has 3 rings (SSSR count). The van der Waals surface area contributed by atoms with Crippen molar-refractivity contribution in [1.82, 2.24) is 5.32 Å². The molecule has 1 saturated heterocycles. The zero-order valence-electron chi connectivity index (χ0n) is 13.3. The van der Waals surface area contributed by atoms with E-state index in [2.05, 4.69) is 10.6 Å². The maximum Gasteiger partial charge on any atom is 0.227 e. The van der Waals surface area contributed by atoms with Crippen LogP contribution in [-0.2, 0) is 4.79 Å². The summed E-state index contributed by atoms with van der Waals surface area (Å²) in [6, 6.07) is 15.6. The first-order valence-corrected chi connectivity index (χ1v) is 8.87. The molecule has 1 atom stereocenters. The molecule has 0 radical (unpaired) electrons. The van der Waals surface area contributed by atoms with Crippen molar-refractivity contribution in [1.29, 1.82) is 0 Å². The van der Waals surface area contributed by atoms with Gasteiger partial charge in [0.15, 0.2) is 0 Å². The lowest BCUT2D eigenvalue weighted by Crippen LogP contribution is -2.48. The molecule has 0 aromatic heterocycles. The number of hydrogen-bond acceptors (Lipinski definition) is 3. The molecule has 24 heavy (non-hydrogen) atoms. The van der Waals surface area contributed by atoms with Crippen LogP contribution in [0.3, 0.4) is 0 Å². The molecule has 1 heterocycles. The van der Waals surface area contributed by atoms with Gasteiger partial charge in [0.1, 0.15) is 0 Å². The zero-order valence-corrected chi connectivity index (χ0v) is 15.7. The van der Waals surface area contributed by atoms with Gasteiger partial charge in [0.25, 0.3) is 0 Å². The third-order valence-electron chi connectivity index (χ3n) is 4.12. The van der Waals surface area contributed by atoms with Gasteiger partial charge < -0.3 is 10.6 Å². The summed E-state index contributed by atoms with van der Waals surface area (Å²) in [5, 5.41) is 6.94. The van der Waals surface area contributed by atoms with Gasteiger partial charge in [-0.05, 0) is 55.4 Å². The molecule has 2 aromatic carbocycles. The highest BCUT2D eigenvalue weighted by molar-refractivity contribution is 7.99. The van der Waals surface area contributed by atoms with Crippen LogP contribution in [0.15, 0.2) is 58.3 Å². The van der Waals surface area contributed by atoms with Gasteiger partial charge in [-0.1, -0.05) is 42.4 Å². The van der Waals surface area contributed by atoms with Crippen LogP contribution in [0.25, 0.3) is 0 Å². The zero-order chi connectivity index (χ0) is 16.2. The van der Waals surface area contributed by atoms with Gasteiger partial charge in [-0.3, -0.25) is 4.79 Å². The van der Waals surface area contributed by atoms with E-state index in [0.29, 0.717) is 5.92 Å². The molecule has 1 fully saturated rings. The molecule has 1 aliphatic heterocycles. The van der Waals surface area contributed by atoms with Crippen molar-refractivity contribution in [3.8, 4) is 0 Å². The van der Waals surface area contributed by atoms with Crippen molar-refractivity contribution in [2.75, 3.05) is 18.4 Å². The fourth-order valence-electron chi connectivity index (χ4n) is 2.40. The lowest BCUT2D eigenvalue weighted by molar-refractivity contribution is -0.121. The van der Waals surface area contributed by atoms with E-state index in [1.807, 2.05) is 55.5 Å². The molecule has 128 valence electrons. The Balaban J connectivity index is 0.00000208. The second kappa shape index (κ2) is 8.77. The lowest BCUT2D eigenvalue weighted by Gasteiger charge is -2.31. The first kappa shape index (κ1) is 19.1. The Morgan fingerprint density at radius 1 is 1.21 bits per heavy atom. The topological polar surface area (TPSA) is 41.1 Å². The SMILES string of the molecule is CC(C(=O)Nc1ccc(Sc2ccccc2Cl)cc1)C1CNC1.Cl. The summed E-state index contributed by atoms with van der Waals surface area (Å²) in [5.41, 5.74) is 0.831. The molecule has 2 N–H and O–H groups in total. The van der Waals surface area contributed by atoms with E-state index in [-0.39, 0.29) is 24.2 Å². The summed E-state index contributed by atoms with van der Waals surface area (Å²) in [5.74, 6) is 0.571. The molecule has 6 heteroatoms. The first-order valence-electron chi connectivity index (χ1n) is 7.67. The third-order valence-corrected chi connectivity index (χ3v) is 5.65. The van der Waals surface area contributed by atoms with Gasteiger partial charge in [-0.2, -0.15) is 0 Å². The van der Waals surface area contributed by atoms with E-state index in [1.54, 1.807) is 11.8 Å². The molecule has 3 nitrogen and oxygen atoms in total. The normalized spacial score (nSPS) is 15.1. The van der Waals surface area contributed by atoms with E-state index < -0.39 is 0 Å². The van der Waals surface area contributed by atoms with Gasteiger partial charge in [-0.25, -0.2) is 0 Å². The summed E-state index contributed by atoms with van der Waals surface area (Å²) < 4.78 is 0.